The van der Waals surface area contributed by atoms with E-state index in [1.54, 1.807) is 6.07 Å². The van der Waals surface area contributed by atoms with Gasteiger partial charge in [-0.05, 0) is 30.3 Å². The third-order valence-corrected chi connectivity index (χ3v) is 2.33. The fourth-order valence-electron chi connectivity index (χ4n) is 1.26. The van der Waals surface area contributed by atoms with Gasteiger partial charge in [-0.15, -0.1) is 0 Å². The van der Waals surface area contributed by atoms with E-state index in [-0.39, 0.29) is 16.5 Å². The zero-order chi connectivity index (χ0) is 11.7. The van der Waals surface area contributed by atoms with Crippen molar-refractivity contribution in [3.8, 4) is 11.3 Å². The molecule has 1 aromatic carbocycles. The van der Waals surface area contributed by atoms with Crippen LogP contribution in [-0.2, 0) is 0 Å². The topological polar surface area (TPSA) is 50.4 Å². The van der Waals surface area contributed by atoms with E-state index in [1.807, 2.05) is 0 Å². The van der Waals surface area contributed by atoms with Crippen LogP contribution in [0.2, 0.25) is 5.02 Å². The Bertz CT molecular complexity index is 548. The van der Waals surface area contributed by atoms with E-state index >= 15 is 0 Å². The van der Waals surface area contributed by atoms with Crippen LogP contribution in [0.25, 0.3) is 11.3 Å². The molecule has 1 heterocycles. The second-order valence-electron chi connectivity index (χ2n) is 3.10. The van der Waals surface area contributed by atoms with Gasteiger partial charge in [-0.3, -0.25) is 0 Å². The van der Waals surface area contributed by atoms with Crippen molar-refractivity contribution in [1.29, 1.82) is 0 Å². The fourth-order valence-corrected chi connectivity index (χ4v) is 1.37. The molecule has 0 amide bonds. The van der Waals surface area contributed by atoms with Gasteiger partial charge in [0, 0.05) is 5.56 Å². The number of carboxylic acid groups (broad SMARTS) is 1. The van der Waals surface area contributed by atoms with Crippen molar-refractivity contribution in [2.45, 2.75) is 0 Å². The van der Waals surface area contributed by atoms with Gasteiger partial charge in [-0.25, -0.2) is 9.18 Å². The lowest BCUT2D eigenvalue weighted by Crippen LogP contribution is -1.91. The molecular formula is C11H6ClFO3. The highest BCUT2D eigenvalue weighted by atomic mass is 35.5. The molecule has 0 unspecified atom stereocenters. The van der Waals surface area contributed by atoms with Crippen molar-refractivity contribution in [3.63, 3.8) is 0 Å². The van der Waals surface area contributed by atoms with Crippen molar-refractivity contribution >= 4 is 17.6 Å². The predicted molar refractivity (Wildman–Crippen MR) is 56.1 cm³/mol. The third-order valence-electron chi connectivity index (χ3n) is 2.02. The van der Waals surface area contributed by atoms with E-state index in [0.717, 1.165) is 0 Å². The van der Waals surface area contributed by atoms with Crippen LogP contribution < -0.4 is 0 Å². The molecule has 0 atom stereocenters. The first-order valence-corrected chi connectivity index (χ1v) is 4.74. The monoisotopic (exact) mass is 240 g/mol. The predicted octanol–water partition coefficient (Wildman–Crippen LogP) is 3.44. The van der Waals surface area contributed by atoms with Crippen LogP contribution in [0.15, 0.2) is 34.7 Å². The Morgan fingerprint density at radius 3 is 2.62 bits per heavy atom. The Morgan fingerprint density at radius 1 is 1.31 bits per heavy atom. The Morgan fingerprint density at radius 2 is 2.06 bits per heavy atom. The molecule has 0 saturated carbocycles. The second kappa shape index (κ2) is 3.98. The van der Waals surface area contributed by atoms with Crippen LogP contribution in [-0.4, -0.2) is 11.1 Å². The zero-order valence-electron chi connectivity index (χ0n) is 7.91. The van der Waals surface area contributed by atoms with Gasteiger partial charge < -0.3 is 9.52 Å². The number of furan rings is 1. The molecule has 0 saturated heterocycles. The standard InChI is InChI=1S/C11H6ClFO3/c12-7-2-1-6(5-8(7)13)9-3-4-10(16-9)11(14)15/h1-5H,(H,14,15). The van der Waals surface area contributed by atoms with E-state index in [0.29, 0.717) is 5.56 Å². The van der Waals surface area contributed by atoms with E-state index in [4.69, 9.17) is 21.1 Å². The Hall–Kier alpha value is -1.81. The molecule has 2 aromatic rings. The number of rotatable bonds is 2. The molecule has 82 valence electrons. The SMILES string of the molecule is O=C(O)c1ccc(-c2ccc(Cl)c(F)c2)o1. The van der Waals surface area contributed by atoms with Gasteiger partial charge in [0.05, 0.1) is 5.02 Å². The molecule has 3 nitrogen and oxygen atoms in total. The molecule has 0 aliphatic heterocycles. The molecule has 5 heteroatoms. The highest BCUT2D eigenvalue weighted by Gasteiger charge is 2.11. The van der Waals surface area contributed by atoms with E-state index in [9.17, 15) is 9.18 Å². The number of benzene rings is 1. The quantitative estimate of drug-likeness (QED) is 0.875. The Balaban J connectivity index is 2.42. The van der Waals surface area contributed by atoms with Crippen molar-refractivity contribution in [2.75, 3.05) is 0 Å². The minimum Gasteiger partial charge on any atom is -0.475 e. The Kier molecular flexibility index (Phi) is 2.66. The molecule has 0 bridgehead atoms. The van der Waals surface area contributed by atoms with E-state index in [2.05, 4.69) is 0 Å². The highest BCUT2D eigenvalue weighted by molar-refractivity contribution is 6.30. The summed E-state index contributed by atoms with van der Waals surface area (Å²) in [5, 5.41) is 8.66. The van der Waals surface area contributed by atoms with Crippen LogP contribution in [0.4, 0.5) is 4.39 Å². The average molecular weight is 241 g/mol. The Labute approximate surface area is 95.1 Å². The lowest BCUT2D eigenvalue weighted by Gasteiger charge is -1.98. The smallest absolute Gasteiger partial charge is 0.371 e. The number of carbonyl (C=O) groups is 1. The molecule has 0 aliphatic rings. The number of hydrogen-bond donors (Lipinski definition) is 1. The van der Waals surface area contributed by atoms with Crippen molar-refractivity contribution in [1.82, 2.24) is 0 Å². The van der Waals surface area contributed by atoms with Crippen molar-refractivity contribution in [2.24, 2.45) is 0 Å². The van der Waals surface area contributed by atoms with Crippen LogP contribution in [0.3, 0.4) is 0 Å². The summed E-state index contributed by atoms with van der Waals surface area (Å²) in [5.41, 5.74) is 0.439. The molecule has 1 N–H and O–H groups in total. The summed E-state index contributed by atoms with van der Waals surface area (Å²) in [5.74, 6) is -1.65. The van der Waals surface area contributed by atoms with Crippen molar-refractivity contribution in [3.05, 3.63) is 46.9 Å². The maximum atomic E-state index is 13.1. The summed E-state index contributed by atoms with van der Waals surface area (Å²) >= 11 is 5.52. The number of aromatic carboxylic acids is 1. The first-order valence-electron chi connectivity index (χ1n) is 4.36. The number of hydrogen-bond acceptors (Lipinski definition) is 2. The normalized spacial score (nSPS) is 10.4. The van der Waals surface area contributed by atoms with Crippen LogP contribution in [0, 0.1) is 5.82 Å². The van der Waals surface area contributed by atoms with Gasteiger partial charge in [0.2, 0.25) is 5.76 Å². The summed E-state index contributed by atoms with van der Waals surface area (Å²) < 4.78 is 18.2. The molecule has 0 aliphatic carbocycles. The molecule has 2 rings (SSSR count). The summed E-state index contributed by atoms with van der Waals surface area (Å²) in [6.45, 7) is 0. The largest absolute Gasteiger partial charge is 0.475 e. The molecule has 0 spiro atoms. The minimum atomic E-state index is -1.17. The van der Waals surface area contributed by atoms with Crippen LogP contribution >= 0.6 is 11.6 Å². The number of halogens is 2. The molecular weight excluding hydrogens is 235 g/mol. The molecule has 0 fully saturated rings. The number of carboxylic acids is 1. The van der Waals surface area contributed by atoms with E-state index < -0.39 is 11.8 Å². The van der Waals surface area contributed by atoms with Crippen LogP contribution in [0.5, 0.6) is 0 Å². The van der Waals surface area contributed by atoms with Gasteiger partial charge in [-0.1, -0.05) is 11.6 Å². The lowest BCUT2D eigenvalue weighted by molar-refractivity contribution is 0.0663. The van der Waals surface area contributed by atoms with E-state index in [1.165, 1.54) is 24.3 Å². The van der Waals surface area contributed by atoms with Gasteiger partial charge in [0.1, 0.15) is 11.6 Å². The highest BCUT2D eigenvalue weighted by Crippen LogP contribution is 2.25. The van der Waals surface area contributed by atoms with Crippen molar-refractivity contribution < 1.29 is 18.7 Å². The fraction of sp³-hybridized carbons (Fsp3) is 0. The second-order valence-corrected chi connectivity index (χ2v) is 3.51. The molecule has 1 aromatic heterocycles. The maximum Gasteiger partial charge on any atom is 0.371 e. The lowest BCUT2D eigenvalue weighted by atomic mass is 10.2. The zero-order valence-corrected chi connectivity index (χ0v) is 8.66. The summed E-state index contributed by atoms with van der Waals surface area (Å²) in [7, 11) is 0. The van der Waals surface area contributed by atoms with Gasteiger partial charge in [-0.2, -0.15) is 0 Å². The maximum absolute atomic E-state index is 13.1. The third kappa shape index (κ3) is 1.92. The molecule has 0 radical (unpaired) electrons. The molecule has 16 heavy (non-hydrogen) atoms. The van der Waals surface area contributed by atoms with Gasteiger partial charge in [0.15, 0.2) is 0 Å². The summed E-state index contributed by atoms with van der Waals surface area (Å²) in [6.07, 6.45) is 0. The first-order chi connectivity index (χ1) is 7.58. The van der Waals surface area contributed by atoms with Gasteiger partial charge >= 0.3 is 5.97 Å². The van der Waals surface area contributed by atoms with Gasteiger partial charge in [0.25, 0.3) is 0 Å². The minimum absolute atomic E-state index is 0.00811. The summed E-state index contributed by atoms with van der Waals surface area (Å²) in [4.78, 5) is 10.6. The average Bonchev–Trinajstić information content (AvgIpc) is 2.71. The first kappa shape index (κ1) is 10.7. The van der Waals surface area contributed by atoms with Crippen LogP contribution in [0.1, 0.15) is 10.6 Å². The summed E-state index contributed by atoms with van der Waals surface area (Å²) in [6, 6.07) is 6.90.